The van der Waals surface area contributed by atoms with Crippen molar-refractivity contribution in [3.63, 3.8) is 0 Å². The summed E-state index contributed by atoms with van der Waals surface area (Å²) >= 11 is 2.30. The van der Waals surface area contributed by atoms with Crippen LogP contribution in [0.3, 0.4) is 0 Å². The highest BCUT2D eigenvalue weighted by molar-refractivity contribution is 14.1. The summed E-state index contributed by atoms with van der Waals surface area (Å²) in [6, 6.07) is 16.5. The Balaban J connectivity index is 2.02. The summed E-state index contributed by atoms with van der Waals surface area (Å²) in [5.41, 5.74) is 8.22. The lowest BCUT2D eigenvalue weighted by atomic mass is 10.2. The minimum atomic E-state index is 0.594. The van der Waals surface area contributed by atoms with Crippen LogP contribution in [0.4, 0.5) is 5.82 Å². The van der Waals surface area contributed by atoms with Crippen LogP contribution in [0, 0.1) is 3.57 Å². The molecular weight excluding hydrogens is 337 g/mol. The third-order valence-corrected chi connectivity index (χ3v) is 3.65. The number of aromatic nitrogens is 2. The molecule has 2 N–H and O–H groups in total. The van der Waals surface area contributed by atoms with Crippen molar-refractivity contribution in [2.24, 2.45) is 0 Å². The van der Waals surface area contributed by atoms with Crippen LogP contribution in [0.15, 0.2) is 48.5 Å². The summed E-state index contributed by atoms with van der Waals surface area (Å²) in [6.45, 7) is 0.745. The summed E-state index contributed by atoms with van der Waals surface area (Å²) in [5.74, 6) is 0.594. The number of rotatable bonds is 2. The monoisotopic (exact) mass is 349 g/mol. The number of nitrogens with two attached hydrogens (primary N) is 1. The number of halogens is 1. The highest BCUT2D eigenvalue weighted by atomic mass is 127. The molecule has 0 unspecified atom stereocenters. The van der Waals surface area contributed by atoms with E-state index in [9.17, 15) is 0 Å². The fourth-order valence-electron chi connectivity index (χ4n) is 2.04. The van der Waals surface area contributed by atoms with E-state index >= 15 is 0 Å². The number of para-hydroxylation sites is 1. The van der Waals surface area contributed by atoms with Gasteiger partial charge in [0.25, 0.3) is 0 Å². The molecule has 0 aliphatic rings. The molecule has 0 aliphatic heterocycles. The normalized spacial score (nSPS) is 10.9. The minimum absolute atomic E-state index is 0.594. The molecule has 18 heavy (non-hydrogen) atoms. The van der Waals surface area contributed by atoms with Gasteiger partial charge in [0.2, 0.25) is 0 Å². The molecule has 90 valence electrons. The maximum absolute atomic E-state index is 5.92. The first-order chi connectivity index (χ1) is 8.74. The van der Waals surface area contributed by atoms with E-state index in [1.165, 1.54) is 9.13 Å². The van der Waals surface area contributed by atoms with Gasteiger partial charge in [-0.15, -0.1) is 0 Å². The molecule has 0 radical (unpaired) electrons. The zero-order valence-electron chi connectivity index (χ0n) is 9.68. The summed E-state index contributed by atoms with van der Waals surface area (Å²) in [5, 5.41) is 5.42. The average molecular weight is 349 g/mol. The van der Waals surface area contributed by atoms with Gasteiger partial charge >= 0.3 is 0 Å². The third kappa shape index (κ3) is 2.08. The summed E-state index contributed by atoms with van der Waals surface area (Å²) in [6.07, 6.45) is 0. The first kappa shape index (κ1) is 11.5. The summed E-state index contributed by atoms with van der Waals surface area (Å²) < 4.78 is 3.19. The van der Waals surface area contributed by atoms with Crippen LogP contribution >= 0.6 is 22.6 Å². The fourth-order valence-corrected chi connectivity index (χ4v) is 2.40. The molecule has 0 atom stereocenters. The van der Waals surface area contributed by atoms with Crippen molar-refractivity contribution >= 4 is 39.3 Å². The number of anilines is 1. The van der Waals surface area contributed by atoms with Gasteiger partial charge in [-0.05, 0) is 52.4 Å². The zero-order chi connectivity index (χ0) is 12.5. The van der Waals surface area contributed by atoms with Crippen molar-refractivity contribution in [2.45, 2.75) is 6.54 Å². The fraction of sp³-hybridized carbons (Fsp3) is 0.0714. The number of hydrogen-bond acceptors (Lipinski definition) is 2. The standard InChI is InChI=1S/C14H12IN3/c15-11-7-5-10(6-8-11)9-18-13-4-2-1-3-12(13)14(16)17-18/h1-8H,9H2,(H2,16,17). The highest BCUT2D eigenvalue weighted by Crippen LogP contribution is 2.21. The van der Waals surface area contributed by atoms with E-state index in [0.717, 1.165) is 17.4 Å². The van der Waals surface area contributed by atoms with Gasteiger partial charge in [-0.1, -0.05) is 24.3 Å². The van der Waals surface area contributed by atoms with Gasteiger partial charge in [0, 0.05) is 8.96 Å². The Morgan fingerprint density at radius 3 is 2.56 bits per heavy atom. The van der Waals surface area contributed by atoms with Crippen LogP contribution in [-0.2, 0) is 6.54 Å². The van der Waals surface area contributed by atoms with E-state index in [0.29, 0.717) is 5.82 Å². The predicted molar refractivity (Wildman–Crippen MR) is 82.4 cm³/mol. The van der Waals surface area contributed by atoms with E-state index in [4.69, 9.17) is 5.73 Å². The van der Waals surface area contributed by atoms with Crippen molar-refractivity contribution in [1.29, 1.82) is 0 Å². The number of nitrogens with zero attached hydrogens (tertiary/aromatic N) is 2. The Morgan fingerprint density at radius 2 is 1.78 bits per heavy atom. The van der Waals surface area contributed by atoms with Gasteiger partial charge in [-0.25, -0.2) is 0 Å². The van der Waals surface area contributed by atoms with E-state index < -0.39 is 0 Å². The molecule has 0 fully saturated rings. The molecule has 0 saturated heterocycles. The molecule has 3 aromatic rings. The van der Waals surface area contributed by atoms with Crippen molar-refractivity contribution in [2.75, 3.05) is 5.73 Å². The van der Waals surface area contributed by atoms with Crippen LogP contribution in [0.2, 0.25) is 0 Å². The molecule has 4 heteroatoms. The molecule has 0 saturated carbocycles. The van der Waals surface area contributed by atoms with Gasteiger partial charge < -0.3 is 5.73 Å². The van der Waals surface area contributed by atoms with Crippen LogP contribution in [0.1, 0.15) is 5.56 Å². The first-order valence-electron chi connectivity index (χ1n) is 5.69. The maximum atomic E-state index is 5.92. The van der Waals surface area contributed by atoms with Crippen LogP contribution in [0.5, 0.6) is 0 Å². The Bertz CT molecular complexity index is 686. The molecular formula is C14H12IN3. The molecule has 1 aromatic heterocycles. The molecule has 3 rings (SSSR count). The second-order valence-corrected chi connectivity index (χ2v) is 5.43. The van der Waals surface area contributed by atoms with Crippen LogP contribution in [-0.4, -0.2) is 9.78 Å². The smallest absolute Gasteiger partial charge is 0.153 e. The quantitative estimate of drug-likeness (QED) is 0.722. The highest BCUT2D eigenvalue weighted by Gasteiger charge is 2.07. The van der Waals surface area contributed by atoms with Gasteiger partial charge in [0.15, 0.2) is 5.82 Å². The van der Waals surface area contributed by atoms with Crippen LogP contribution in [0.25, 0.3) is 10.9 Å². The maximum Gasteiger partial charge on any atom is 0.153 e. The van der Waals surface area contributed by atoms with Crippen molar-refractivity contribution in [1.82, 2.24) is 9.78 Å². The SMILES string of the molecule is Nc1nn(Cc2ccc(I)cc2)c2ccccc12. The molecule has 1 heterocycles. The molecule has 0 spiro atoms. The van der Waals surface area contributed by atoms with E-state index in [1.54, 1.807) is 0 Å². The second-order valence-electron chi connectivity index (χ2n) is 4.19. The number of fused-ring (bicyclic) bond motifs is 1. The lowest BCUT2D eigenvalue weighted by Crippen LogP contribution is -2.02. The zero-order valence-corrected chi connectivity index (χ0v) is 11.8. The van der Waals surface area contributed by atoms with E-state index in [1.807, 2.05) is 28.9 Å². The van der Waals surface area contributed by atoms with Crippen LogP contribution < -0.4 is 5.73 Å². The Hall–Kier alpha value is -1.56. The van der Waals surface area contributed by atoms with Crippen molar-refractivity contribution in [3.8, 4) is 0 Å². The Kier molecular flexibility index (Phi) is 2.95. The number of nitrogen functional groups attached to an aromatic ring is 1. The lowest BCUT2D eigenvalue weighted by Gasteiger charge is -2.03. The second kappa shape index (κ2) is 4.61. The van der Waals surface area contributed by atoms with Gasteiger partial charge in [-0.3, -0.25) is 4.68 Å². The Morgan fingerprint density at radius 1 is 1.06 bits per heavy atom. The predicted octanol–water partition coefficient (Wildman–Crippen LogP) is 3.27. The van der Waals surface area contributed by atoms with E-state index in [2.05, 4.69) is 52.0 Å². The number of benzene rings is 2. The average Bonchev–Trinajstić information content (AvgIpc) is 2.70. The molecule has 3 nitrogen and oxygen atoms in total. The van der Waals surface area contributed by atoms with Gasteiger partial charge in [-0.2, -0.15) is 5.10 Å². The third-order valence-electron chi connectivity index (χ3n) is 2.93. The minimum Gasteiger partial charge on any atom is -0.382 e. The van der Waals surface area contributed by atoms with Crippen molar-refractivity contribution < 1.29 is 0 Å². The topological polar surface area (TPSA) is 43.8 Å². The first-order valence-corrected chi connectivity index (χ1v) is 6.77. The van der Waals surface area contributed by atoms with Crippen molar-refractivity contribution in [3.05, 3.63) is 57.7 Å². The molecule has 0 aliphatic carbocycles. The molecule has 0 bridgehead atoms. The summed E-state index contributed by atoms with van der Waals surface area (Å²) in [7, 11) is 0. The molecule has 0 amide bonds. The summed E-state index contributed by atoms with van der Waals surface area (Å²) in [4.78, 5) is 0. The van der Waals surface area contributed by atoms with Gasteiger partial charge in [0.1, 0.15) is 0 Å². The molecule has 2 aromatic carbocycles. The Labute approximate surface area is 119 Å². The largest absolute Gasteiger partial charge is 0.382 e. The number of hydrogen-bond donors (Lipinski definition) is 1. The van der Waals surface area contributed by atoms with Gasteiger partial charge in [0.05, 0.1) is 12.1 Å². The lowest BCUT2D eigenvalue weighted by molar-refractivity contribution is 0.716. The van der Waals surface area contributed by atoms with E-state index in [-0.39, 0.29) is 0 Å².